The van der Waals surface area contributed by atoms with Crippen LogP contribution in [0.2, 0.25) is 0 Å². The van der Waals surface area contributed by atoms with Gasteiger partial charge in [0, 0.05) is 20.6 Å². The Hall–Kier alpha value is -1.59. The van der Waals surface area contributed by atoms with Crippen molar-refractivity contribution in [1.82, 2.24) is 9.78 Å². The Morgan fingerprint density at radius 3 is 2.35 bits per heavy atom. The predicted molar refractivity (Wildman–Crippen MR) is 88.8 cm³/mol. The Labute approximate surface area is 133 Å². The van der Waals surface area contributed by atoms with Crippen molar-refractivity contribution in [2.24, 2.45) is 0 Å². The molecule has 0 spiro atoms. The third-order valence-electron chi connectivity index (χ3n) is 2.93. The van der Waals surface area contributed by atoms with Crippen LogP contribution in [0.5, 0.6) is 0 Å². The first-order chi connectivity index (χ1) is 9.63. The molecule has 1 heterocycles. The summed E-state index contributed by atoms with van der Waals surface area (Å²) < 4.78 is 3.79. The minimum Gasteiger partial charge on any atom is -0.384 e. The van der Waals surface area contributed by atoms with Crippen LogP contribution in [-0.2, 0) is 0 Å². The van der Waals surface area contributed by atoms with Crippen LogP contribution in [0.25, 0.3) is 16.9 Å². The van der Waals surface area contributed by atoms with Gasteiger partial charge >= 0.3 is 0 Å². The van der Waals surface area contributed by atoms with Crippen molar-refractivity contribution in [2.75, 3.05) is 5.73 Å². The molecule has 0 radical (unpaired) electrons. The fourth-order valence-electron chi connectivity index (χ4n) is 1.97. The molecule has 0 saturated heterocycles. The van der Waals surface area contributed by atoms with Gasteiger partial charge in [0.15, 0.2) is 0 Å². The molecule has 0 aliphatic rings. The monoisotopic (exact) mass is 391 g/mol. The average molecular weight is 393 g/mol. The zero-order valence-corrected chi connectivity index (χ0v) is 13.6. The zero-order valence-electron chi connectivity index (χ0n) is 10.4. The lowest BCUT2D eigenvalue weighted by molar-refractivity contribution is 0.895. The van der Waals surface area contributed by atoms with Gasteiger partial charge in [0.05, 0.1) is 11.4 Å². The topological polar surface area (TPSA) is 43.8 Å². The van der Waals surface area contributed by atoms with Gasteiger partial charge in [-0.1, -0.05) is 44.0 Å². The van der Waals surface area contributed by atoms with Crippen LogP contribution in [0.4, 0.5) is 5.82 Å². The van der Waals surface area contributed by atoms with Crippen LogP contribution in [0.3, 0.4) is 0 Å². The summed E-state index contributed by atoms with van der Waals surface area (Å²) in [5, 5.41) is 4.58. The standard InChI is InChI=1S/C15H11Br2N3/c16-11-4-6-13(7-5-11)20-15(18)9-14(19-20)10-2-1-3-12(17)8-10/h1-9H,18H2. The highest BCUT2D eigenvalue weighted by molar-refractivity contribution is 9.10. The number of anilines is 1. The van der Waals surface area contributed by atoms with Crippen LogP contribution in [-0.4, -0.2) is 9.78 Å². The number of rotatable bonds is 2. The Balaban J connectivity index is 2.05. The van der Waals surface area contributed by atoms with Gasteiger partial charge in [0.25, 0.3) is 0 Å². The summed E-state index contributed by atoms with van der Waals surface area (Å²) in [6.07, 6.45) is 0. The van der Waals surface area contributed by atoms with Crippen molar-refractivity contribution in [3.63, 3.8) is 0 Å². The maximum absolute atomic E-state index is 6.06. The fraction of sp³-hybridized carbons (Fsp3) is 0. The maximum atomic E-state index is 6.06. The molecule has 2 aromatic carbocycles. The zero-order chi connectivity index (χ0) is 14.1. The lowest BCUT2D eigenvalue weighted by Crippen LogP contribution is -2.01. The van der Waals surface area contributed by atoms with Gasteiger partial charge in [0.2, 0.25) is 0 Å². The minimum atomic E-state index is 0.613. The second-order valence-corrected chi connectivity index (χ2v) is 6.18. The third-order valence-corrected chi connectivity index (χ3v) is 3.95. The molecule has 0 bridgehead atoms. The lowest BCUT2D eigenvalue weighted by Gasteiger charge is -2.03. The smallest absolute Gasteiger partial charge is 0.127 e. The van der Waals surface area contributed by atoms with Crippen LogP contribution >= 0.6 is 31.9 Å². The van der Waals surface area contributed by atoms with E-state index in [0.717, 1.165) is 25.9 Å². The number of benzene rings is 2. The molecule has 1 aromatic heterocycles. The van der Waals surface area contributed by atoms with Crippen molar-refractivity contribution in [2.45, 2.75) is 0 Å². The maximum Gasteiger partial charge on any atom is 0.127 e. The van der Waals surface area contributed by atoms with Gasteiger partial charge in [-0.2, -0.15) is 5.10 Å². The molecular formula is C15H11Br2N3. The average Bonchev–Trinajstić information content (AvgIpc) is 2.82. The number of nitrogen functional groups attached to an aromatic ring is 1. The number of nitrogens with two attached hydrogens (primary N) is 1. The van der Waals surface area contributed by atoms with E-state index < -0.39 is 0 Å². The molecule has 0 atom stereocenters. The molecule has 0 aliphatic carbocycles. The lowest BCUT2D eigenvalue weighted by atomic mass is 10.2. The van der Waals surface area contributed by atoms with Crippen molar-refractivity contribution in [3.05, 3.63) is 63.5 Å². The van der Waals surface area contributed by atoms with E-state index in [-0.39, 0.29) is 0 Å². The van der Waals surface area contributed by atoms with E-state index in [1.807, 2.05) is 54.6 Å². The van der Waals surface area contributed by atoms with Crippen molar-refractivity contribution >= 4 is 37.7 Å². The number of halogens is 2. The molecule has 20 heavy (non-hydrogen) atoms. The largest absolute Gasteiger partial charge is 0.384 e. The number of hydrogen-bond acceptors (Lipinski definition) is 2. The van der Waals surface area contributed by atoms with E-state index in [1.54, 1.807) is 4.68 Å². The SMILES string of the molecule is Nc1cc(-c2cccc(Br)c2)nn1-c1ccc(Br)cc1. The quantitative estimate of drug-likeness (QED) is 0.689. The summed E-state index contributed by atoms with van der Waals surface area (Å²) in [5.74, 6) is 0.613. The first kappa shape index (κ1) is 13.4. The van der Waals surface area contributed by atoms with E-state index in [9.17, 15) is 0 Å². The van der Waals surface area contributed by atoms with Crippen molar-refractivity contribution < 1.29 is 0 Å². The van der Waals surface area contributed by atoms with Crippen LogP contribution in [0, 0.1) is 0 Å². The second-order valence-electron chi connectivity index (χ2n) is 4.35. The van der Waals surface area contributed by atoms with Crippen LogP contribution < -0.4 is 5.73 Å². The highest BCUT2D eigenvalue weighted by atomic mass is 79.9. The summed E-state index contributed by atoms with van der Waals surface area (Å²) in [7, 11) is 0. The Morgan fingerprint density at radius 1 is 0.900 bits per heavy atom. The van der Waals surface area contributed by atoms with Crippen molar-refractivity contribution in [3.8, 4) is 16.9 Å². The molecule has 0 aliphatic heterocycles. The molecule has 3 aromatic rings. The molecule has 5 heteroatoms. The summed E-state index contributed by atoms with van der Waals surface area (Å²) in [6.45, 7) is 0. The van der Waals surface area contributed by atoms with Gasteiger partial charge < -0.3 is 5.73 Å². The Morgan fingerprint density at radius 2 is 1.65 bits per heavy atom. The summed E-state index contributed by atoms with van der Waals surface area (Å²) in [6, 6.07) is 17.8. The highest BCUT2D eigenvalue weighted by Crippen LogP contribution is 2.25. The summed E-state index contributed by atoms with van der Waals surface area (Å²) in [4.78, 5) is 0. The van der Waals surface area contributed by atoms with Gasteiger partial charge in [-0.25, -0.2) is 4.68 Å². The van der Waals surface area contributed by atoms with Gasteiger partial charge in [0.1, 0.15) is 5.82 Å². The summed E-state index contributed by atoms with van der Waals surface area (Å²) in [5.41, 5.74) is 8.88. The van der Waals surface area contributed by atoms with E-state index in [0.29, 0.717) is 5.82 Å². The second kappa shape index (κ2) is 5.42. The summed E-state index contributed by atoms with van der Waals surface area (Å²) >= 11 is 6.89. The van der Waals surface area contributed by atoms with Crippen molar-refractivity contribution in [1.29, 1.82) is 0 Å². The Kier molecular flexibility index (Phi) is 3.63. The molecule has 0 amide bonds. The fourth-order valence-corrected chi connectivity index (χ4v) is 2.64. The van der Waals surface area contributed by atoms with Gasteiger partial charge in [-0.15, -0.1) is 0 Å². The molecule has 100 valence electrons. The highest BCUT2D eigenvalue weighted by Gasteiger charge is 2.09. The predicted octanol–water partition coefficient (Wildman–Crippen LogP) is 4.65. The number of nitrogens with zero attached hydrogens (tertiary/aromatic N) is 2. The minimum absolute atomic E-state index is 0.613. The first-order valence-corrected chi connectivity index (χ1v) is 7.59. The molecule has 3 rings (SSSR count). The molecule has 2 N–H and O–H groups in total. The van der Waals surface area contributed by atoms with E-state index >= 15 is 0 Å². The normalized spacial score (nSPS) is 10.7. The van der Waals surface area contributed by atoms with Gasteiger partial charge in [-0.3, -0.25) is 0 Å². The molecule has 3 nitrogen and oxygen atoms in total. The first-order valence-electron chi connectivity index (χ1n) is 6.01. The molecule has 0 saturated carbocycles. The molecular weight excluding hydrogens is 382 g/mol. The van der Waals surface area contributed by atoms with Gasteiger partial charge in [-0.05, 0) is 36.4 Å². The van der Waals surface area contributed by atoms with E-state index in [2.05, 4.69) is 37.0 Å². The number of aromatic nitrogens is 2. The van der Waals surface area contributed by atoms with E-state index in [1.165, 1.54) is 0 Å². The number of hydrogen-bond donors (Lipinski definition) is 1. The molecule has 0 unspecified atom stereocenters. The molecule has 0 fully saturated rings. The van der Waals surface area contributed by atoms with E-state index in [4.69, 9.17) is 5.73 Å². The van der Waals surface area contributed by atoms with Crippen LogP contribution in [0.1, 0.15) is 0 Å². The third kappa shape index (κ3) is 2.64. The Bertz CT molecular complexity index is 748. The van der Waals surface area contributed by atoms with Crippen LogP contribution in [0.15, 0.2) is 63.5 Å².